The van der Waals surface area contributed by atoms with Crippen LogP contribution < -0.4 is 11.3 Å². The minimum absolute atomic E-state index is 0.163. The molecule has 0 atom stereocenters. The minimum Gasteiger partial charge on any atom is -0.308 e. The lowest BCUT2D eigenvalue weighted by atomic mass is 10.2. The molecule has 5 heteroatoms. The van der Waals surface area contributed by atoms with Gasteiger partial charge in [-0.1, -0.05) is 0 Å². The van der Waals surface area contributed by atoms with Crippen molar-refractivity contribution in [3.05, 3.63) is 35.4 Å². The van der Waals surface area contributed by atoms with Gasteiger partial charge in [0.1, 0.15) is 17.5 Å². The molecule has 0 radical (unpaired) electrons. The highest BCUT2D eigenvalue weighted by molar-refractivity contribution is 5.98. The van der Waals surface area contributed by atoms with Crippen LogP contribution in [0.3, 0.4) is 0 Å². The summed E-state index contributed by atoms with van der Waals surface area (Å²) in [6.45, 7) is 2.26. The second kappa shape index (κ2) is 4.66. The molecule has 0 bridgehead atoms. The van der Waals surface area contributed by atoms with E-state index in [0.29, 0.717) is 6.54 Å². The Balaban J connectivity index is 3.11. The van der Waals surface area contributed by atoms with Gasteiger partial charge in [-0.3, -0.25) is 4.99 Å². The Hall–Kier alpha value is -1.49. The molecule has 0 aliphatic rings. The molecule has 0 saturated heterocycles. The van der Waals surface area contributed by atoms with Crippen molar-refractivity contribution >= 4 is 5.84 Å². The molecule has 0 aliphatic carbocycles. The third kappa shape index (κ3) is 2.26. The molecule has 0 spiro atoms. The van der Waals surface area contributed by atoms with E-state index in [2.05, 4.69) is 10.4 Å². The second-order valence-corrected chi connectivity index (χ2v) is 2.59. The fraction of sp³-hybridized carbons (Fsp3) is 0.222. The van der Waals surface area contributed by atoms with Gasteiger partial charge < -0.3 is 5.43 Å². The maximum atomic E-state index is 13.2. The van der Waals surface area contributed by atoms with Crippen molar-refractivity contribution in [1.29, 1.82) is 0 Å². The van der Waals surface area contributed by atoms with E-state index in [9.17, 15) is 8.78 Å². The first kappa shape index (κ1) is 10.6. The molecule has 1 aromatic carbocycles. The summed E-state index contributed by atoms with van der Waals surface area (Å²) in [5.74, 6) is 4.06. The molecular formula is C9H11F2N3. The third-order valence-electron chi connectivity index (χ3n) is 1.64. The number of amidine groups is 1. The Morgan fingerprint density at radius 2 is 2.21 bits per heavy atom. The van der Waals surface area contributed by atoms with Gasteiger partial charge in [-0.2, -0.15) is 0 Å². The van der Waals surface area contributed by atoms with Crippen LogP contribution in [0.2, 0.25) is 0 Å². The van der Waals surface area contributed by atoms with E-state index in [1.165, 1.54) is 6.07 Å². The summed E-state index contributed by atoms with van der Waals surface area (Å²) in [5.41, 5.74) is 2.43. The van der Waals surface area contributed by atoms with Gasteiger partial charge in [-0.25, -0.2) is 14.6 Å². The highest BCUT2D eigenvalue weighted by Crippen LogP contribution is 2.09. The van der Waals surface area contributed by atoms with Crippen molar-refractivity contribution in [2.24, 2.45) is 10.8 Å². The van der Waals surface area contributed by atoms with E-state index in [0.717, 1.165) is 12.1 Å². The van der Waals surface area contributed by atoms with Crippen molar-refractivity contribution in [1.82, 2.24) is 5.43 Å². The summed E-state index contributed by atoms with van der Waals surface area (Å²) in [4.78, 5) is 3.92. The maximum Gasteiger partial charge on any atom is 0.145 e. The molecule has 0 fully saturated rings. The van der Waals surface area contributed by atoms with Gasteiger partial charge in [0.05, 0.1) is 5.56 Å². The lowest BCUT2D eigenvalue weighted by Gasteiger charge is -2.06. The van der Waals surface area contributed by atoms with Gasteiger partial charge in [0.15, 0.2) is 0 Å². The zero-order valence-corrected chi connectivity index (χ0v) is 7.72. The van der Waals surface area contributed by atoms with Crippen LogP contribution in [0.4, 0.5) is 8.78 Å². The molecule has 1 aromatic rings. The van der Waals surface area contributed by atoms with Crippen LogP contribution in [0.15, 0.2) is 23.2 Å². The standard InChI is InChI=1S/C9H11F2N3/c1-2-13-9(14-12)7-4-3-6(10)5-8(7)11/h3-5H,2,12H2,1H3,(H,13,14). The predicted molar refractivity (Wildman–Crippen MR) is 50.8 cm³/mol. The average molecular weight is 199 g/mol. The molecule has 1 rings (SSSR count). The number of halogens is 2. The first-order valence-electron chi connectivity index (χ1n) is 4.15. The van der Waals surface area contributed by atoms with E-state index in [1.807, 2.05) is 0 Å². The van der Waals surface area contributed by atoms with Gasteiger partial charge in [0.2, 0.25) is 0 Å². The van der Waals surface area contributed by atoms with E-state index < -0.39 is 11.6 Å². The molecule has 0 saturated carbocycles. The third-order valence-corrected chi connectivity index (χ3v) is 1.64. The van der Waals surface area contributed by atoms with Crippen LogP contribution in [-0.4, -0.2) is 12.4 Å². The van der Waals surface area contributed by atoms with Crippen LogP contribution in [0, 0.1) is 11.6 Å². The van der Waals surface area contributed by atoms with Gasteiger partial charge in [0.25, 0.3) is 0 Å². The largest absolute Gasteiger partial charge is 0.308 e. The van der Waals surface area contributed by atoms with Gasteiger partial charge >= 0.3 is 0 Å². The van der Waals surface area contributed by atoms with Gasteiger partial charge in [-0.05, 0) is 19.1 Å². The first-order chi connectivity index (χ1) is 6.69. The summed E-state index contributed by atoms with van der Waals surface area (Å²) >= 11 is 0. The van der Waals surface area contributed by atoms with Crippen molar-refractivity contribution in [2.45, 2.75) is 6.92 Å². The van der Waals surface area contributed by atoms with E-state index in [1.54, 1.807) is 6.92 Å². The number of nitrogens with two attached hydrogens (primary N) is 1. The topological polar surface area (TPSA) is 50.4 Å². The summed E-state index contributed by atoms with van der Waals surface area (Å²) in [6.07, 6.45) is 0. The average Bonchev–Trinajstić information content (AvgIpc) is 2.15. The number of hydrogen-bond acceptors (Lipinski definition) is 2. The van der Waals surface area contributed by atoms with Crippen LogP contribution in [-0.2, 0) is 0 Å². The number of nitrogens with zero attached hydrogens (tertiary/aromatic N) is 1. The SMILES string of the molecule is CCN=C(NN)c1ccc(F)cc1F. The highest BCUT2D eigenvalue weighted by atomic mass is 19.1. The lowest BCUT2D eigenvalue weighted by molar-refractivity contribution is 0.581. The Kier molecular flexibility index (Phi) is 3.53. The zero-order chi connectivity index (χ0) is 10.6. The first-order valence-corrected chi connectivity index (χ1v) is 4.15. The normalized spacial score (nSPS) is 11.6. The molecule has 14 heavy (non-hydrogen) atoms. The maximum absolute atomic E-state index is 13.2. The Morgan fingerprint density at radius 3 is 2.71 bits per heavy atom. The molecule has 76 valence electrons. The Morgan fingerprint density at radius 1 is 1.50 bits per heavy atom. The zero-order valence-electron chi connectivity index (χ0n) is 7.72. The van der Waals surface area contributed by atoms with Crippen LogP contribution in [0.1, 0.15) is 12.5 Å². The number of benzene rings is 1. The minimum atomic E-state index is -0.685. The number of nitrogens with one attached hydrogen (secondary N) is 1. The number of hydrogen-bond donors (Lipinski definition) is 2. The molecule has 3 N–H and O–H groups in total. The molecular weight excluding hydrogens is 188 g/mol. The van der Waals surface area contributed by atoms with Crippen molar-refractivity contribution in [3.63, 3.8) is 0 Å². The summed E-state index contributed by atoms with van der Waals surface area (Å²) in [6, 6.07) is 3.23. The van der Waals surface area contributed by atoms with Crippen LogP contribution in [0.25, 0.3) is 0 Å². The predicted octanol–water partition coefficient (Wildman–Crippen LogP) is 1.19. The smallest absolute Gasteiger partial charge is 0.145 e. The summed E-state index contributed by atoms with van der Waals surface area (Å²) in [7, 11) is 0. The van der Waals surface area contributed by atoms with Gasteiger partial charge in [-0.15, -0.1) is 0 Å². The van der Waals surface area contributed by atoms with Crippen molar-refractivity contribution in [3.8, 4) is 0 Å². The fourth-order valence-electron chi connectivity index (χ4n) is 1.05. The number of aliphatic imine (C=N–C) groups is 1. The lowest BCUT2D eigenvalue weighted by Crippen LogP contribution is -2.32. The van der Waals surface area contributed by atoms with Crippen molar-refractivity contribution < 1.29 is 8.78 Å². The molecule has 3 nitrogen and oxygen atoms in total. The number of hydrazine groups is 1. The van der Waals surface area contributed by atoms with E-state index in [-0.39, 0.29) is 11.4 Å². The van der Waals surface area contributed by atoms with E-state index >= 15 is 0 Å². The summed E-state index contributed by atoms with van der Waals surface area (Å²) in [5, 5.41) is 0. The quantitative estimate of drug-likeness (QED) is 0.325. The van der Waals surface area contributed by atoms with Gasteiger partial charge in [0, 0.05) is 12.6 Å². The summed E-state index contributed by atoms with van der Waals surface area (Å²) < 4.78 is 25.8. The van der Waals surface area contributed by atoms with Crippen molar-refractivity contribution in [2.75, 3.05) is 6.54 Å². The molecule has 0 aromatic heterocycles. The molecule has 0 amide bonds. The Labute approximate surface area is 80.6 Å². The Bertz CT molecular complexity index is 350. The fourth-order valence-corrected chi connectivity index (χ4v) is 1.05. The van der Waals surface area contributed by atoms with Crippen LogP contribution in [0.5, 0.6) is 0 Å². The van der Waals surface area contributed by atoms with Crippen LogP contribution >= 0.6 is 0 Å². The molecule has 0 unspecified atom stereocenters. The number of rotatable bonds is 2. The molecule has 0 heterocycles. The van der Waals surface area contributed by atoms with E-state index in [4.69, 9.17) is 5.84 Å². The second-order valence-electron chi connectivity index (χ2n) is 2.59. The monoisotopic (exact) mass is 199 g/mol. The highest BCUT2D eigenvalue weighted by Gasteiger charge is 2.08. The molecule has 0 aliphatic heterocycles.